The van der Waals surface area contributed by atoms with Crippen LogP contribution in [0.25, 0.3) is 0 Å². The van der Waals surface area contributed by atoms with Crippen molar-refractivity contribution < 1.29 is 14.7 Å². The lowest BCUT2D eigenvalue weighted by Crippen LogP contribution is -2.44. The molecule has 7 nitrogen and oxygen atoms in total. The summed E-state index contributed by atoms with van der Waals surface area (Å²) >= 11 is 0. The molecule has 1 aromatic heterocycles. The van der Waals surface area contributed by atoms with E-state index in [1.165, 1.54) is 17.3 Å². The van der Waals surface area contributed by atoms with E-state index >= 15 is 0 Å². The molecule has 2 N–H and O–H groups in total. The van der Waals surface area contributed by atoms with Gasteiger partial charge in [-0.05, 0) is 12.8 Å². The van der Waals surface area contributed by atoms with Gasteiger partial charge in [-0.2, -0.15) is 5.10 Å². The van der Waals surface area contributed by atoms with Crippen LogP contribution in [0.3, 0.4) is 0 Å². The summed E-state index contributed by atoms with van der Waals surface area (Å²) < 4.78 is 1.42. The molecule has 1 amide bonds. The summed E-state index contributed by atoms with van der Waals surface area (Å²) in [6, 6.07) is -0.281. The van der Waals surface area contributed by atoms with Crippen molar-refractivity contribution in [1.82, 2.24) is 20.1 Å². The maximum atomic E-state index is 11.9. The van der Waals surface area contributed by atoms with Crippen LogP contribution in [0.5, 0.6) is 0 Å². The molecular formula is C12H18N4O3. The quantitative estimate of drug-likeness (QED) is 0.770. The zero-order valence-corrected chi connectivity index (χ0v) is 10.7. The van der Waals surface area contributed by atoms with E-state index in [4.69, 9.17) is 0 Å². The minimum Gasteiger partial charge on any atom is -0.481 e. The lowest BCUT2D eigenvalue weighted by atomic mass is 9.95. The van der Waals surface area contributed by atoms with E-state index in [0.717, 1.165) is 25.7 Å². The number of aliphatic carboxylic acids is 1. The maximum Gasteiger partial charge on any atom is 0.308 e. The van der Waals surface area contributed by atoms with Gasteiger partial charge in [-0.15, -0.1) is 0 Å². The molecule has 1 fully saturated rings. The van der Waals surface area contributed by atoms with Crippen molar-refractivity contribution in [2.24, 2.45) is 5.92 Å². The minimum absolute atomic E-state index is 0.0723. The van der Waals surface area contributed by atoms with Crippen LogP contribution >= 0.6 is 0 Å². The third-order valence-corrected chi connectivity index (χ3v) is 3.45. The number of carbonyl (C=O) groups is 2. The van der Waals surface area contributed by atoms with Crippen molar-refractivity contribution in [3.63, 3.8) is 0 Å². The Kier molecular flexibility index (Phi) is 4.48. The highest BCUT2D eigenvalue weighted by atomic mass is 16.4. The summed E-state index contributed by atoms with van der Waals surface area (Å²) in [5.74, 6) is -1.53. The maximum absolute atomic E-state index is 11.9. The van der Waals surface area contributed by atoms with Crippen LogP contribution in [0.4, 0.5) is 0 Å². The zero-order valence-electron chi connectivity index (χ0n) is 10.7. The Morgan fingerprint density at radius 1 is 1.32 bits per heavy atom. The molecule has 1 aromatic rings. The van der Waals surface area contributed by atoms with Crippen molar-refractivity contribution in [2.75, 3.05) is 0 Å². The molecule has 1 saturated carbocycles. The molecule has 1 aliphatic rings. The van der Waals surface area contributed by atoms with E-state index in [0.29, 0.717) is 6.42 Å². The normalized spacial score (nSPS) is 23.6. The van der Waals surface area contributed by atoms with Gasteiger partial charge in [0.15, 0.2) is 0 Å². The van der Waals surface area contributed by atoms with Crippen molar-refractivity contribution in [3.8, 4) is 0 Å². The largest absolute Gasteiger partial charge is 0.481 e. The molecule has 0 aliphatic heterocycles. The van der Waals surface area contributed by atoms with Gasteiger partial charge in [0.2, 0.25) is 5.91 Å². The second kappa shape index (κ2) is 6.31. The molecule has 19 heavy (non-hydrogen) atoms. The van der Waals surface area contributed by atoms with E-state index in [1.807, 2.05) is 0 Å². The van der Waals surface area contributed by atoms with Gasteiger partial charge in [-0.1, -0.05) is 19.3 Å². The fourth-order valence-corrected chi connectivity index (χ4v) is 2.49. The van der Waals surface area contributed by atoms with Crippen LogP contribution in [-0.2, 0) is 16.1 Å². The van der Waals surface area contributed by atoms with Crippen molar-refractivity contribution >= 4 is 11.9 Å². The van der Waals surface area contributed by atoms with Gasteiger partial charge in [0.1, 0.15) is 19.2 Å². The van der Waals surface area contributed by atoms with Gasteiger partial charge < -0.3 is 10.4 Å². The number of hydrogen-bond acceptors (Lipinski definition) is 4. The molecule has 1 heterocycles. The molecule has 2 atom stereocenters. The second-order valence-corrected chi connectivity index (χ2v) is 4.85. The lowest BCUT2D eigenvalue weighted by Gasteiger charge is -2.22. The Bertz CT molecular complexity index is 432. The highest BCUT2D eigenvalue weighted by Gasteiger charge is 2.30. The van der Waals surface area contributed by atoms with E-state index in [1.54, 1.807) is 0 Å². The topological polar surface area (TPSA) is 97.1 Å². The average molecular weight is 266 g/mol. The Hall–Kier alpha value is -1.92. The molecule has 1 aliphatic carbocycles. The van der Waals surface area contributed by atoms with Crippen LogP contribution < -0.4 is 5.32 Å². The molecule has 7 heteroatoms. The first-order chi connectivity index (χ1) is 9.16. The molecule has 2 unspecified atom stereocenters. The summed E-state index contributed by atoms with van der Waals surface area (Å²) in [4.78, 5) is 26.9. The van der Waals surface area contributed by atoms with Crippen LogP contribution in [0, 0.1) is 5.92 Å². The van der Waals surface area contributed by atoms with Gasteiger partial charge in [-0.3, -0.25) is 9.59 Å². The first-order valence-electron chi connectivity index (χ1n) is 6.51. The molecule has 0 aromatic carbocycles. The highest BCUT2D eigenvalue weighted by molar-refractivity contribution is 5.77. The number of amides is 1. The van der Waals surface area contributed by atoms with E-state index in [9.17, 15) is 14.7 Å². The van der Waals surface area contributed by atoms with Crippen molar-refractivity contribution in [3.05, 3.63) is 12.7 Å². The van der Waals surface area contributed by atoms with E-state index in [2.05, 4.69) is 15.4 Å². The molecular weight excluding hydrogens is 248 g/mol. The summed E-state index contributed by atoms with van der Waals surface area (Å²) in [6.07, 6.45) is 7.06. The van der Waals surface area contributed by atoms with Gasteiger partial charge in [0.25, 0.3) is 0 Å². The Morgan fingerprint density at radius 2 is 2.11 bits per heavy atom. The predicted octanol–water partition coefficient (Wildman–Crippen LogP) is 0.428. The standard InChI is InChI=1S/C12H18N4O3/c17-11(6-16-8-13-7-14-16)15-10-5-3-1-2-4-9(10)12(18)19/h7-10H,1-6H2,(H,15,17)(H,18,19). The minimum atomic E-state index is -0.826. The Labute approximate surface area is 111 Å². The number of rotatable bonds is 4. The number of nitrogens with zero attached hydrogens (tertiary/aromatic N) is 3. The second-order valence-electron chi connectivity index (χ2n) is 4.85. The smallest absolute Gasteiger partial charge is 0.308 e. The van der Waals surface area contributed by atoms with Crippen LogP contribution in [0.2, 0.25) is 0 Å². The predicted molar refractivity (Wildman–Crippen MR) is 66.2 cm³/mol. The first kappa shape index (κ1) is 13.5. The third-order valence-electron chi connectivity index (χ3n) is 3.45. The van der Waals surface area contributed by atoms with Crippen molar-refractivity contribution in [2.45, 2.75) is 44.7 Å². The van der Waals surface area contributed by atoms with Crippen LogP contribution in [0.15, 0.2) is 12.7 Å². The Morgan fingerprint density at radius 3 is 2.79 bits per heavy atom. The molecule has 0 spiro atoms. The van der Waals surface area contributed by atoms with E-state index < -0.39 is 11.9 Å². The SMILES string of the molecule is O=C(Cn1cncn1)NC1CCCCCC1C(=O)O. The summed E-state index contributed by atoms with van der Waals surface area (Å²) in [6.45, 7) is 0.0723. The van der Waals surface area contributed by atoms with Crippen molar-refractivity contribution in [1.29, 1.82) is 0 Å². The molecule has 0 radical (unpaired) electrons. The summed E-state index contributed by atoms with van der Waals surface area (Å²) in [5, 5.41) is 15.9. The summed E-state index contributed by atoms with van der Waals surface area (Å²) in [5.41, 5.74) is 0. The number of carbonyl (C=O) groups excluding carboxylic acids is 1. The number of hydrogen-bond donors (Lipinski definition) is 2. The number of carboxylic acids is 1. The van der Waals surface area contributed by atoms with Gasteiger partial charge in [0, 0.05) is 6.04 Å². The average Bonchev–Trinajstić information content (AvgIpc) is 2.73. The molecule has 0 bridgehead atoms. The monoisotopic (exact) mass is 266 g/mol. The zero-order chi connectivity index (χ0) is 13.7. The van der Waals surface area contributed by atoms with Gasteiger partial charge in [-0.25, -0.2) is 9.67 Å². The third kappa shape index (κ3) is 3.77. The molecule has 2 rings (SSSR count). The molecule has 0 saturated heterocycles. The van der Waals surface area contributed by atoms with E-state index in [-0.39, 0.29) is 18.5 Å². The summed E-state index contributed by atoms with van der Waals surface area (Å²) in [7, 11) is 0. The fourth-order valence-electron chi connectivity index (χ4n) is 2.49. The Balaban J connectivity index is 1.94. The lowest BCUT2D eigenvalue weighted by molar-refractivity contribution is -0.143. The highest BCUT2D eigenvalue weighted by Crippen LogP contribution is 2.23. The van der Waals surface area contributed by atoms with Crippen LogP contribution in [0.1, 0.15) is 32.1 Å². The number of nitrogens with one attached hydrogen (secondary N) is 1. The number of carboxylic acid groups (broad SMARTS) is 1. The van der Waals surface area contributed by atoms with Crippen LogP contribution in [-0.4, -0.2) is 37.8 Å². The molecule has 104 valence electrons. The number of aromatic nitrogens is 3. The van der Waals surface area contributed by atoms with Gasteiger partial charge in [0.05, 0.1) is 5.92 Å². The van der Waals surface area contributed by atoms with Gasteiger partial charge >= 0.3 is 5.97 Å². The first-order valence-corrected chi connectivity index (χ1v) is 6.51. The fraction of sp³-hybridized carbons (Fsp3) is 0.667.